The van der Waals surface area contributed by atoms with Crippen molar-refractivity contribution in [3.05, 3.63) is 56.4 Å². The lowest BCUT2D eigenvalue weighted by Gasteiger charge is -2.10. The molecule has 0 aromatic heterocycles. The Morgan fingerprint density at radius 2 is 1.75 bits per heavy atom. The summed E-state index contributed by atoms with van der Waals surface area (Å²) >= 11 is 12.7. The van der Waals surface area contributed by atoms with Crippen molar-refractivity contribution in [3.63, 3.8) is 0 Å². The van der Waals surface area contributed by atoms with E-state index >= 15 is 0 Å². The first-order chi connectivity index (χ1) is 9.58. The maximum atomic E-state index is 11.9. The summed E-state index contributed by atoms with van der Waals surface area (Å²) in [7, 11) is 0. The van der Waals surface area contributed by atoms with Gasteiger partial charge in [-0.3, -0.25) is 4.79 Å². The van der Waals surface area contributed by atoms with Gasteiger partial charge in [0.2, 0.25) is 5.91 Å². The minimum absolute atomic E-state index is 0.135. The van der Waals surface area contributed by atoms with E-state index in [0.29, 0.717) is 5.02 Å². The molecule has 0 atom stereocenters. The summed E-state index contributed by atoms with van der Waals surface area (Å²) in [6.07, 6.45) is 0. The minimum atomic E-state index is -0.135. The molecule has 2 aromatic carbocycles. The first-order valence-corrected chi connectivity index (χ1v) is 7.76. The highest BCUT2D eigenvalue weighted by atomic mass is 79.9. The normalized spacial score (nSPS) is 10.2. The Kier molecular flexibility index (Phi) is 5.46. The van der Waals surface area contributed by atoms with Crippen LogP contribution in [0.1, 0.15) is 0 Å². The number of amides is 1. The maximum absolute atomic E-state index is 11.9. The Labute approximate surface area is 139 Å². The number of hydrogen-bond acceptors (Lipinski definition) is 2. The summed E-state index contributed by atoms with van der Waals surface area (Å²) in [6.45, 7) is 0.153. The molecule has 1 amide bonds. The standard InChI is InChI=1S/C14H11Br2ClN2O/c15-9-4-1-2-6-11(9)19-13(20)8-18-12-7-3-5-10(17)14(12)16/h1-7,18H,8H2,(H,19,20). The van der Waals surface area contributed by atoms with Crippen LogP contribution in [-0.4, -0.2) is 12.5 Å². The Morgan fingerprint density at radius 3 is 2.50 bits per heavy atom. The molecule has 0 aliphatic carbocycles. The number of carbonyl (C=O) groups is 1. The second kappa shape index (κ2) is 7.11. The molecule has 2 aromatic rings. The lowest BCUT2D eigenvalue weighted by Crippen LogP contribution is -2.22. The highest BCUT2D eigenvalue weighted by Crippen LogP contribution is 2.29. The number of benzene rings is 2. The molecule has 0 saturated heterocycles. The Bertz CT molecular complexity index is 634. The largest absolute Gasteiger partial charge is 0.375 e. The van der Waals surface area contributed by atoms with Crippen molar-refractivity contribution in [2.75, 3.05) is 17.2 Å². The van der Waals surface area contributed by atoms with Crippen LogP contribution in [0.3, 0.4) is 0 Å². The summed E-state index contributed by atoms with van der Waals surface area (Å²) in [4.78, 5) is 11.9. The van der Waals surface area contributed by atoms with Crippen LogP contribution in [0.4, 0.5) is 11.4 Å². The van der Waals surface area contributed by atoms with E-state index < -0.39 is 0 Å². The molecule has 0 fully saturated rings. The van der Waals surface area contributed by atoms with Crippen molar-refractivity contribution in [3.8, 4) is 0 Å². The molecule has 0 spiro atoms. The minimum Gasteiger partial charge on any atom is -0.375 e. The Morgan fingerprint density at radius 1 is 1.05 bits per heavy atom. The van der Waals surface area contributed by atoms with E-state index in [0.717, 1.165) is 20.3 Å². The lowest BCUT2D eigenvalue weighted by molar-refractivity contribution is -0.114. The van der Waals surface area contributed by atoms with Gasteiger partial charge in [-0.25, -0.2) is 0 Å². The first-order valence-electron chi connectivity index (χ1n) is 5.80. The van der Waals surface area contributed by atoms with Crippen LogP contribution < -0.4 is 10.6 Å². The SMILES string of the molecule is O=C(CNc1cccc(Cl)c1Br)Nc1ccccc1Br. The Balaban J connectivity index is 1.96. The molecule has 104 valence electrons. The number of halogens is 3. The monoisotopic (exact) mass is 416 g/mol. The van der Waals surface area contributed by atoms with Gasteiger partial charge in [-0.15, -0.1) is 0 Å². The van der Waals surface area contributed by atoms with Gasteiger partial charge in [0.25, 0.3) is 0 Å². The van der Waals surface area contributed by atoms with Gasteiger partial charge < -0.3 is 10.6 Å². The highest BCUT2D eigenvalue weighted by molar-refractivity contribution is 9.11. The summed E-state index contributed by atoms with van der Waals surface area (Å²) < 4.78 is 1.59. The lowest BCUT2D eigenvalue weighted by atomic mass is 10.3. The number of nitrogens with one attached hydrogen (secondary N) is 2. The fourth-order valence-electron chi connectivity index (χ4n) is 1.57. The molecule has 2 rings (SSSR count). The molecule has 2 N–H and O–H groups in total. The zero-order valence-corrected chi connectivity index (χ0v) is 14.2. The van der Waals surface area contributed by atoms with E-state index in [4.69, 9.17) is 11.6 Å². The van der Waals surface area contributed by atoms with Crippen molar-refractivity contribution in [2.24, 2.45) is 0 Å². The average molecular weight is 419 g/mol. The van der Waals surface area contributed by atoms with E-state index in [1.807, 2.05) is 36.4 Å². The van der Waals surface area contributed by atoms with E-state index in [9.17, 15) is 4.79 Å². The van der Waals surface area contributed by atoms with Crippen LogP contribution in [-0.2, 0) is 4.79 Å². The molecule has 0 bridgehead atoms. The smallest absolute Gasteiger partial charge is 0.243 e. The van der Waals surface area contributed by atoms with Crippen molar-refractivity contribution < 1.29 is 4.79 Å². The van der Waals surface area contributed by atoms with Gasteiger partial charge >= 0.3 is 0 Å². The van der Waals surface area contributed by atoms with E-state index in [2.05, 4.69) is 42.5 Å². The fraction of sp³-hybridized carbons (Fsp3) is 0.0714. The van der Waals surface area contributed by atoms with Gasteiger partial charge in [-0.05, 0) is 56.1 Å². The van der Waals surface area contributed by atoms with Crippen molar-refractivity contribution >= 4 is 60.7 Å². The predicted molar refractivity (Wildman–Crippen MR) is 90.4 cm³/mol. The molecule has 0 heterocycles. The van der Waals surface area contributed by atoms with Crippen LogP contribution in [0, 0.1) is 0 Å². The van der Waals surface area contributed by atoms with E-state index in [1.54, 1.807) is 6.07 Å². The van der Waals surface area contributed by atoms with Crippen LogP contribution >= 0.6 is 43.5 Å². The van der Waals surface area contributed by atoms with Crippen molar-refractivity contribution in [1.82, 2.24) is 0 Å². The number of rotatable bonds is 4. The molecule has 0 radical (unpaired) electrons. The highest BCUT2D eigenvalue weighted by Gasteiger charge is 2.07. The van der Waals surface area contributed by atoms with Gasteiger partial charge in [0.15, 0.2) is 0 Å². The van der Waals surface area contributed by atoms with Gasteiger partial charge in [0, 0.05) is 4.47 Å². The molecule has 6 heteroatoms. The molecule has 0 saturated carbocycles. The molecule has 3 nitrogen and oxygen atoms in total. The summed E-state index contributed by atoms with van der Waals surface area (Å²) in [5.41, 5.74) is 1.52. The molecule has 0 aliphatic rings. The topological polar surface area (TPSA) is 41.1 Å². The number of hydrogen-bond donors (Lipinski definition) is 2. The summed E-state index contributed by atoms with van der Waals surface area (Å²) in [6, 6.07) is 12.9. The predicted octanol–water partition coefficient (Wildman–Crippen LogP) is 4.92. The van der Waals surface area contributed by atoms with Crippen molar-refractivity contribution in [1.29, 1.82) is 0 Å². The quantitative estimate of drug-likeness (QED) is 0.740. The van der Waals surface area contributed by atoms with Gasteiger partial charge in [-0.2, -0.15) is 0 Å². The third-order valence-electron chi connectivity index (χ3n) is 2.54. The second-order valence-corrected chi connectivity index (χ2v) is 6.04. The summed E-state index contributed by atoms with van der Waals surface area (Å²) in [5.74, 6) is -0.135. The molecular weight excluding hydrogens is 407 g/mol. The number of anilines is 2. The average Bonchev–Trinajstić information content (AvgIpc) is 2.43. The fourth-order valence-corrected chi connectivity index (χ4v) is 2.54. The number of carbonyl (C=O) groups excluding carboxylic acids is 1. The van der Waals surface area contributed by atoms with Gasteiger partial charge in [0.05, 0.1) is 27.4 Å². The first kappa shape index (κ1) is 15.4. The zero-order chi connectivity index (χ0) is 14.5. The van der Waals surface area contributed by atoms with Crippen LogP contribution in [0.15, 0.2) is 51.4 Å². The van der Waals surface area contributed by atoms with E-state index in [-0.39, 0.29) is 12.5 Å². The Hall–Kier alpha value is -1.04. The maximum Gasteiger partial charge on any atom is 0.243 e. The van der Waals surface area contributed by atoms with Crippen LogP contribution in [0.5, 0.6) is 0 Å². The molecule has 0 unspecified atom stereocenters. The molecule has 20 heavy (non-hydrogen) atoms. The molecule has 0 aliphatic heterocycles. The third-order valence-corrected chi connectivity index (χ3v) is 4.63. The number of para-hydroxylation sites is 1. The molecular formula is C14H11Br2ClN2O. The van der Waals surface area contributed by atoms with E-state index in [1.165, 1.54) is 0 Å². The second-order valence-electron chi connectivity index (χ2n) is 3.98. The van der Waals surface area contributed by atoms with Gasteiger partial charge in [0.1, 0.15) is 0 Å². The third kappa shape index (κ3) is 3.98. The van der Waals surface area contributed by atoms with Crippen molar-refractivity contribution in [2.45, 2.75) is 0 Å². The van der Waals surface area contributed by atoms with Gasteiger partial charge in [-0.1, -0.05) is 29.8 Å². The zero-order valence-electron chi connectivity index (χ0n) is 10.3. The summed E-state index contributed by atoms with van der Waals surface area (Å²) in [5, 5.41) is 6.45. The van der Waals surface area contributed by atoms with Crippen LogP contribution in [0.2, 0.25) is 5.02 Å². The van der Waals surface area contributed by atoms with Crippen LogP contribution in [0.25, 0.3) is 0 Å².